The average Bonchev–Trinajstić information content (AvgIpc) is 2.24. The number of unbranched alkanes of at least 4 members (excludes halogenated alkanes) is 2. The van der Waals surface area contributed by atoms with E-state index in [2.05, 4.69) is 13.8 Å². The molecule has 0 aliphatic heterocycles. The van der Waals surface area contributed by atoms with Crippen LogP contribution in [0.15, 0.2) is 36.4 Å². The fraction of sp³-hybridized carbons (Fsp3) is 0.538. The third kappa shape index (κ3) is 22.5. The number of benzene rings is 1. The van der Waals surface area contributed by atoms with Crippen molar-refractivity contribution in [3.63, 3.8) is 0 Å². The molecule has 0 saturated heterocycles. The van der Waals surface area contributed by atoms with Gasteiger partial charge >= 0.3 is 0 Å². The summed E-state index contributed by atoms with van der Waals surface area (Å²) in [6, 6.07) is 12.0. The van der Waals surface area contributed by atoms with E-state index in [1.165, 1.54) is 19.3 Å². The van der Waals surface area contributed by atoms with E-state index in [0.717, 1.165) is 6.54 Å². The number of nitrogens with two attached hydrogens (primary N) is 1. The third-order valence-electron chi connectivity index (χ3n) is 1.37. The van der Waals surface area contributed by atoms with Crippen LogP contribution in [0.5, 0.6) is 0 Å². The van der Waals surface area contributed by atoms with Crippen molar-refractivity contribution in [3.05, 3.63) is 36.4 Å². The monoisotopic (exact) mass is 195 g/mol. The van der Waals surface area contributed by atoms with Gasteiger partial charge in [0, 0.05) is 0 Å². The molecule has 2 N–H and O–H groups in total. The maximum Gasteiger partial charge on any atom is -0.0106 e. The fourth-order valence-electron chi connectivity index (χ4n) is 0.738. The van der Waals surface area contributed by atoms with Gasteiger partial charge in [0.1, 0.15) is 0 Å². The molecule has 0 aromatic heterocycles. The zero-order chi connectivity index (χ0) is 11.1. The van der Waals surface area contributed by atoms with Gasteiger partial charge < -0.3 is 5.73 Å². The van der Waals surface area contributed by atoms with Crippen LogP contribution in [-0.2, 0) is 0 Å². The van der Waals surface area contributed by atoms with Gasteiger partial charge in [-0.3, -0.25) is 0 Å². The minimum Gasteiger partial charge on any atom is -0.331 e. The predicted octanol–water partition coefficient (Wildman–Crippen LogP) is 3.85. The van der Waals surface area contributed by atoms with Crippen LogP contribution >= 0.6 is 0 Å². The molecule has 1 nitrogen and oxygen atoms in total. The lowest BCUT2D eigenvalue weighted by atomic mass is 10.3. The van der Waals surface area contributed by atoms with Gasteiger partial charge in [-0.2, -0.15) is 0 Å². The van der Waals surface area contributed by atoms with Crippen LogP contribution in [0.2, 0.25) is 0 Å². The highest BCUT2D eigenvalue weighted by Gasteiger charge is 1.68. The second-order valence-corrected chi connectivity index (χ2v) is 2.92. The largest absolute Gasteiger partial charge is 0.331 e. The molecule has 0 spiro atoms. The number of hydrogen-bond donors (Lipinski definition) is 1. The lowest BCUT2D eigenvalue weighted by Gasteiger charge is -1.79. The number of hydrogen-bond acceptors (Lipinski definition) is 1. The van der Waals surface area contributed by atoms with E-state index in [1.54, 1.807) is 0 Å². The summed E-state index contributed by atoms with van der Waals surface area (Å²) < 4.78 is 0. The Hall–Kier alpha value is -0.820. The van der Waals surface area contributed by atoms with E-state index >= 15 is 0 Å². The zero-order valence-electron chi connectivity index (χ0n) is 9.87. The molecule has 0 unspecified atom stereocenters. The minimum absolute atomic E-state index is 0.750. The molecule has 0 atom stereocenters. The summed E-state index contributed by atoms with van der Waals surface area (Å²) in [5.74, 6) is 0. The molecule has 1 heteroatoms. The van der Waals surface area contributed by atoms with Crippen LogP contribution in [0.3, 0.4) is 0 Å². The first-order valence-corrected chi connectivity index (χ1v) is 5.53. The Bertz CT molecular complexity index is 120. The quantitative estimate of drug-likeness (QED) is 0.762. The maximum absolute atomic E-state index is 4.85. The predicted molar refractivity (Wildman–Crippen MR) is 66.4 cm³/mol. The fourth-order valence-corrected chi connectivity index (χ4v) is 0.738. The molecule has 0 fully saturated rings. The van der Waals surface area contributed by atoms with E-state index in [4.69, 9.17) is 5.73 Å². The molecular weight excluding hydrogens is 170 g/mol. The highest BCUT2D eigenvalue weighted by Crippen LogP contribution is 1.88. The van der Waals surface area contributed by atoms with Gasteiger partial charge in [-0.05, 0) is 6.54 Å². The molecule has 0 bridgehead atoms. The van der Waals surface area contributed by atoms with Crippen LogP contribution in [-0.4, -0.2) is 6.54 Å². The van der Waals surface area contributed by atoms with Crippen molar-refractivity contribution >= 4 is 0 Å². The van der Waals surface area contributed by atoms with Gasteiger partial charge in [-0.25, -0.2) is 0 Å². The highest BCUT2D eigenvalue weighted by atomic mass is 14.5. The van der Waals surface area contributed by atoms with E-state index in [9.17, 15) is 0 Å². The van der Waals surface area contributed by atoms with Crippen LogP contribution in [0.25, 0.3) is 0 Å². The Labute approximate surface area is 89.3 Å². The van der Waals surface area contributed by atoms with Gasteiger partial charge in [0.25, 0.3) is 0 Å². The van der Waals surface area contributed by atoms with E-state index in [-0.39, 0.29) is 0 Å². The van der Waals surface area contributed by atoms with Crippen molar-refractivity contribution in [1.29, 1.82) is 0 Å². The molecule has 1 aromatic rings. The third-order valence-corrected chi connectivity index (χ3v) is 1.37. The Morgan fingerprint density at radius 1 is 0.714 bits per heavy atom. The minimum atomic E-state index is 0.750. The van der Waals surface area contributed by atoms with Crippen molar-refractivity contribution < 1.29 is 0 Å². The standard InChI is InChI=1S/C6H6.C5H12.C2H7N/c1-2-4-6-5-3-1;1-3-5-4-2;1-2-3/h1-6H;3-5H2,1-2H3;2-3H2,1H3. The van der Waals surface area contributed by atoms with E-state index in [1.807, 2.05) is 43.3 Å². The Morgan fingerprint density at radius 3 is 1.00 bits per heavy atom. The Morgan fingerprint density at radius 2 is 0.929 bits per heavy atom. The first-order chi connectivity index (χ1) is 6.83. The van der Waals surface area contributed by atoms with Crippen LogP contribution < -0.4 is 5.73 Å². The van der Waals surface area contributed by atoms with Gasteiger partial charge in [-0.1, -0.05) is 76.4 Å². The summed E-state index contributed by atoms with van der Waals surface area (Å²) in [5.41, 5.74) is 4.85. The molecule has 0 aliphatic rings. The summed E-state index contributed by atoms with van der Waals surface area (Å²) in [6.07, 6.45) is 4.08. The molecule has 0 saturated carbocycles. The summed E-state index contributed by atoms with van der Waals surface area (Å²) in [5, 5.41) is 0. The van der Waals surface area contributed by atoms with Gasteiger partial charge in [0.05, 0.1) is 0 Å². The summed E-state index contributed by atoms with van der Waals surface area (Å²) >= 11 is 0. The first kappa shape index (κ1) is 15.6. The van der Waals surface area contributed by atoms with Crippen LogP contribution in [0.4, 0.5) is 0 Å². The molecule has 0 heterocycles. The topological polar surface area (TPSA) is 26.0 Å². The lowest BCUT2D eigenvalue weighted by Crippen LogP contribution is -1.87. The average molecular weight is 195 g/mol. The van der Waals surface area contributed by atoms with Crippen LogP contribution in [0, 0.1) is 0 Å². The summed E-state index contributed by atoms with van der Waals surface area (Å²) in [4.78, 5) is 0. The Balaban J connectivity index is 0. The maximum atomic E-state index is 4.85. The molecule has 1 rings (SSSR count). The lowest BCUT2D eigenvalue weighted by molar-refractivity contribution is 0.772. The summed E-state index contributed by atoms with van der Waals surface area (Å²) in [7, 11) is 0. The summed E-state index contributed by atoms with van der Waals surface area (Å²) in [6.45, 7) is 7.08. The van der Waals surface area contributed by atoms with Gasteiger partial charge in [-0.15, -0.1) is 0 Å². The van der Waals surface area contributed by atoms with Gasteiger partial charge in [0.15, 0.2) is 0 Å². The van der Waals surface area contributed by atoms with E-state index in [0.29, 0.717) is 0 Å². The molecule has 0 aliphatic carbocycles. The second kappa shape index (κ2) is 18.1. The number of rotatable bonds is 2. The van der Waals surface area contributed by atoms with Crippen LogP contribution in [0.1, 0.15) is 40.0 Å². The van der Waals surface area contributed by atoms with Gasteiger partial charge in [0.2, 0.25) is 0 Å². The molecular formula is C13H25N. The van der Waals surface area contributed by atoms with E-state index < -0.39 is 0 Å². The molecule has 0 amide bonds. The van der Waals surface area contributed by atoms with Crippen molar-refractivity contribution in [3.8, 4) is 0 Å². The normalized spacial score (nSPS) is 7.71. The molecule has 82 valence electrons. The smallest absolute Gasteiger partial charge is 0.0106 e. The Kier molecular flexibility index (Phi) is 20.2. The molecule has 1 aromatic carbocycles. The molecule has 0 radical (unpaired) electrons. The SMILES string of the molecule is CCCCC.CCN.c1ccccc1. The van der Waals surface area contributed by atoms with Crippen molar-refractivity contribution in [2.75, 3.05) is 6.54 Å². The first-order valence-electron chi connectivity index (χ1n) is 5.53. The van der Waals surface area contributed by atoms with Crippen molar-refractivity contribution in [2.45, 2.75) is 40.0 Å². The second-order valence-electron chi connectivity index (χ2n) is 2.92. The zero-order valence-corrected chi connectivity index (χ0v) is 9.87. The highest BCUT2D eigenvalue weighted by molar-refractivity contribution is 4.99. The van der Waals surface area contributed by atoms with Crippen molar-refractivity contribution in [1.82, 2.24) is 0 Å². The van der Waals surface area contributed by atoms with Crippen molar-refractivity contribution in [2.24, 2.45) is 5.73 Å². The molecule has 14 heavy (non-hydrogen) atoms.